The largest absolute Gasteiger partial charge is 0.496 e. The van der Waals surface area contributed by atoms with Crippen LogP contribution < -0.4 is 10.3 Å². The number of para-hydroxylation sites is 1. The van der Waals surface area contributed by atoms with Crippen LogP contribution in [0.2, 0.25) is 0 Å². The van der Waals surface area contributed by atoms with E-state index >= 15 is 0 Å². The first kappa shape index (κ1) is 12.4. The molecule has 1 aromatic carbocycles. The molecule has 2 heterocycles. The van der Waals surface area contributed by atoms with Crippen molar-refractivity contribution < 1.29 is 4.74 Å². The molecule has 0 aliphatic rings. The minimum atomic E-state index is -0.170. The average molecular weight is 270 g/mol. The number of methoxy groups -OCH3 is 1. The molecule has 0 saturated carbocycles. The maximum atomic E-state index is 12.3. The summed E-state index contributed by atoms with van der Waals surface area (Å²) in [5.74, 6) is 1.24. The van der Waals surface area contributed by atoms with Crippen molar-refractivity contribution in [3.05, 3.63) is 40.9 Å². The van der Waals surface area contributed by atoms with Crippen LogP contribution in [0, 0.1) is 0 Å². The van der Waals surface area contributed by atoms with Gasteiger partial charge in [0.25, 0.3) is 5.56 Å². The van der Waals surface area contributed by atoms with E-state index in [1.165, 1.54) is 4.57 Å². The van der Waals surface area contributed by atoms with Gasteiger partial charge in [0.1, 0.15) is 11.6 Å². The molecule has 0 amide bonds. The predicted octanol–water partition coefficient (Wildman–Crippen LogP) is 1.34. The van der Waals surface area contributed by atoms with Crippen molar-refractivity contribution in [1.82, 2.24) is 19.1 Å². The quantitative estimate of drug-likeness (QED) is 0.705. The number of fused-ring (bicyclic) bond motifs is 1. The van der Waals surface area contributed by atoms with Crippen molar-refractivity contribution in [1.29, 1.82) is 0 Å². The maximum Gasteiger partial charge on any atom is 0.281 e. The third kappa shape index (κ3) is 1.69. The Bertz CT molecular complexity index is 848. The lowest BCUT2D eigenvalue weighted by atomic mass is 10.2. The molecule has 3 rings (SSSR count). The van der Waals surface area contributed by atoms with Gasteiger partial charge in [0.05, 0.1) is 19.0 Å². The number of aromatic nitrogens is 4. The highest BCUT2D eigenvalue weighted by atomic mass is 16.5. The lowest BCUT2D eigenvalue weighted by Crippen LogP contribution is -2.20. The third-order valence-corrected chi connectivity index (χ3v) is 3.29. The van der Waals surface area contributed by atoms with E-state index in [0.29, 0.717) is 22.7 Å². The molecule has 0 aliphatic heterocycles. The van der Waals surface area contributed by atoms with Crippen LogP contribution in [0.1, 0.15) is 0 Å². The van der Waals surface area contributed by atoms with Crippen LogP contribution in [-0.4, -0.2) is 26.2 Å². The summed E-state index contributed by atoms with van der Waals surface area (Å²) in [4.78, 5) is 21.0. The number of rotatable bonds is 2. The van der Waals surface area contributed by atoms with Gasteiger partial charge in [-0.05, 0) is 12.1 Å². The predicted molar refractivity (Wildman–Crippen MR) is 75.7 cm³/mol. The molecule has 0 atom stereocenters. The molecule has 0 spiro atoms. The Morgan fingerprint density at radius 2 is 1.95 bits per heavy atom. The summed E-state index contributed by atoms with van der Waals surface area (Å²) < 4.78 is 8.57. The molecule has 0 N–H and O–H groups in total. The van der Waals surface area contributed by atoms with Gasteiger partial charge in [-0.3, -0.25) is 9.36 Å². The van der Waals surface area contributed by atoms with Crippen LogP contribution in [0.25, 0.3) is 22.6 Å². The summed E-state index contributed by atoms with van der Waals surface area (Å²) in [5, 5.41) is 0. The van der Waals surface area contributed by atoms with E-state index in [-0.39, 0.29) is 5.56 Å². The first-order valence-corrected chi connectivity index (χ1v) is 6.15. The zero-order valence-electron chi connectivity index (χ0n) is 11.5. The Labute approximate surface area is 115 Å². The average Bonchev–Trinajstić information content (AvgIpc) is 2.84. The van der Waals surface area contributed by atoms with Gasteiger partial charge in [0, 0.05) is 14.1 Å². The fraction of sp³-hybridized carbons (Fsp3) is 0.214. The van der Waals surface area contributed by atoms with Crippen LogP contribution in [0.15, 0.2) is 35.4 Å². The number of nitrogens with zero attached hydrogens (tertiary/aromatic N) is 4. The van der Waals surface area contributed by atoms with Gasteiger partial charge in [-0.2, -0.15) is 0 Å². The van der Waals surface area contributed by atoms with E-state index in [1.54, 1.807) is 25.1 Å². The van der Waals surface area contributed by atoms with E-state index in [9.17, 15) is 4.79 Å². The van der Waals surface area contributed by atoms with Gasteiger partial charge in [-0.15, -0.1) is 0 Å². The minimum absolute atomic E-state index is 0.170. The zero-order chi connectivity index (χ0) is 14.3. The molecule has 102 valence electrons. The van der Waals surface area contributed by atoms with Crippen LogP contribution in [0.5, 0.6) is 5.75 Å². The van der Waals surface area contributed by atoms with E-state index in [0.717, 1.165) is 5.56 Å². The molecule has 0 radical (unpaired) electrons. The highest BCUT2D eigenvalue weighted by Gasteiger charge is 2.15. The minimum Gasteiger partial charge on any atom is -0.496 e. The lowest BCUT2D eigenvalue weighted by molar-refractivity contribution is 0.416. The monoisotopic (exact) mass is 270 g/mol. The van der Waals surface area contributed by atoms with Crippen molar-refractivity contribution in [2.45, 2.75) is 0 Å². The van der Waals surface area contributed by atoms with Gasteiger partial charge in [0.15, 0.2) is 11.2 Å². The van der Waals surface area contributed by atoms with E-state index in [4.69, 9.17) is 4.74 Å². The summed E-state index contributed by atoms with van der Waals surface area (Å²) in [6.45, 7) is 0. The third-order valence-electron chi connectivity index (χ3n) is 3.29. The molecule has 0 bridgehead atoms. The smallest absolute Gasteiger partial charge is 0.281 e. The molecule has 0 aliphatic carbocycles. The summed E-state index contributed by atoms with van der Waals surface area (Å²) in [6.07, 6.45) is 1.59. The van der Waals surface area contributed by atoms with Crippen LogP contribution >= 0.6 is 0 Å². The molecule has 0 fully saturated rings. The second-order valence-electron chi connectivity index (χ2n) is 4.53. The Morgan fingerprint density at radius 1 is 1.20 bits per heavy atom. The molecular formula is C14H14N4O2. The number of benzene rings is 1. The summed E-state index contributed by atoms with van der Waals surface area (Å²) >= 11 is 0. The molecular weight excluding hydrogens is 256 g/mol. The SMILES string of the molecule is COc1ccccc1-c1nc2c(ncn2C)c(=O)n1C. The van der Waals surface area contributed by atoms with Crippen LogP contribution in [0.4, 0.5) is 0 Å². The first-order valence-electron chi connectivity index (χ1n) is 6.15. The van der Waals surface area contributed by atoms with Crippen LogP contribution in [-0.2, 0) is 14.1 Å². The second-order valence-corrected chi connectivity index (χ2v) is 4.53. The highest BCUT2D eigenvalue weighted by molar-refractivity contribution is 5.74. The molecule has 20 heavy (non-hydrogen) atoms. The van der Waals surface area contributed by atoms with Crippen molar-refractivity contribution in [2.75, 3.05) is 7.11 Å². The maximum absolute atomic E-state index is 12.3. The van der Waals surface area contributed by atoms with Crippen LogP contribution in [0.3, 0.4) is 0 Å². The normalized spacial score (nSPS) is 10.9. The van der Waals surface area contributed by atoms with Crippen molar-refractivity contribution in [3.8, 4) is 17.1 Å². The lowest BCUT2D eigenvalue weighted by Gasteiger charge is -2.11. The molecule has 2 aromatic heterocycles. The molecule has 3 aromatic rings. The fourth-order valence-electron chi connectivity index (χ4n) is 2.21. The van der Waals surface area contributed by atoms with Crippen molar-refractivity contribution in [2.24, 2.45) is 14.1 Å². The van der Waals surface area contributed by atoms with Gasteiger partial charge in [-0.25, -0.2) is 9.97 Å². The number of ether oxygens (including phenoxy) is 1. The van der Waals surface area contributed by atoms with Gasteiger partial charge in [0.2, 0.25) is 0 Å². The highest BCUT2D eigenvalue weighted by Crippen LogP contribution is 2.27. The molecule has 6 nitrogen and oxygen atoms in total. The topological polar surface area (TPSA) is 61.9 Å². The molecule has 0 unspecified atom stereocenters. The number of imidazole rings is 1. The Kier molecular flexibility index (Phi) is 2.78. The molecule has 6 heteroatoms. The number of hydrogen-bond acceptors (Lipinski definition) is 4. The zero-order valence-corrected chi connectivity index (χ0v) is 11.5. The van der Waals surface area contributed by atoms with Crippen molar-refractivity contribution in [3.63, 3.8) is 0 Å². The van der Waals surface area contributed by atoms with E-state index in [2.05, 4.69) is 9.97 Å². The van der Waals surface area contributed by atoms with Gasteiger partial charge < -0.3 is 9.30 Å². The Morgan fingerprint density at radius 3 is 2.70 bits per heavy atom. The summed E-state index contributed by atoms with van der Waals surface area (Å²) in [7, 11) is 5.10. The Balaban J connectivity index is 2.39. The standard InChI is InChI=1S/C14H14N4O2/c1-17-8-15-11-13(17)16-12(18(2)14(11)19)9-6-4-5-7-10(9)20-3/h4-8H,1-3H3. The Hall–Kier alpha value is -2.63. The van der Waals surface area contributed by atoms with Crippen molar-refractivity contribution >= 4 is 11.2 Å². The summed E-state index contributed by atoms with van der Waals surface area (Å²) in [6, 6.07) is 7.48. The second kappa shape index (κ2) is 4.48. The van der Waals surface area contributed by atoms with Gasteiger partial charge >= 0.3 is 0 Å². The number of aryl methyl sites for hydroxylation is 1. The fourth-order valence-corrected chi connectivity index (χ4v) is 2.21. The van der Waals surface area contributed by atoms with E-state index in [1.807, 2.05) is 31.3 Å². The summed E-state index contributed by atoms with van der Waals surface area (Å²) in [5.41, 5.74) is 1.54. The van der Waals surface area contributed by atoms with E-state index < -0.39 is 0 Å². The van der Waals surface area contributed by atoms with Gasteiger partial charge in [-0.1, -0.05) is 12.1 Å². The number of hydrogen-bond donors (Lipinski definition) is 0. The molecule has 0 saturated heterocycles. The first-order chi connectivity index (χ1) is 9.63.